The number of carbonyl (C=O) groups excluding carboxylic acids is 2. The Morgan fingerprint density at radius 1 is 0.750 bits per heavy atom. The maximum absolute atomic E-state index is 11.9. The second-order valence-electron chi connectivity index (χ2n) is 18.7. The van der Waals surface area contributed by atoms with Crippen molar-refractivity contribution < 1.29 is 19.1 Å². The third-order valence-electron chi connectivity index (χ3n) is 12.9. The maximum atomic E-state index is 11.9. The monoisotopic (exact) mass is 732 g/mol. The predicted octanol–water partition coefficient (Wildman–Crippen LogP) is 12.9. The van der Waals surface area contributed by atoms with Gasteiger partial charge in [0.25, 0.3) is 0 Å². The van der Waals surface area contributed by atoms with Gasteiger partial charge in [-0.15, -0.1) is 0 Å². The van der Waals surface area contributed by atoms with E-state index >= 15 is 0 Å². The SMILES string of the molecule is C/C=C1\CCC[C@]2(C)[C@@H]([C@H](C)CCCC(=O)OC(C)(C)C)CC[C@@H]12.C[C@H](CCCC(=O)OC(C)(C)C)[C@H]1CC[C@H]2/C(=C/Br)CCC[C@]12C. The molecule has 0 spiro atoms. The van der Waals surface area contributed by atoms with Gasteiger partial charge in [0, 0.05) is 12.8 Å². The van der Waals surface area contributed by atoms with Crippen LogP contribution in [0, 0.1) is 46.3 Å². The molecule has 0 radical (unpaired) electrons. The minimum absolute atomic E-state index is 0.0425. The normalized spacial score (nSPS) is 33.3. The Kier molecular flexibility index (Phi) is 15.0. The number of rotatable bonds is 10. The average Bonchev–Trinajstić information content (AvgIpc) is 3.52. The number of halogens is 1. The number of ether oxygens (including phenoxy) is 2. The van der Waals surface area contributed by atoms with Crippen LogP contribution in [0.4, 0.5) is 0 Å². The predicted molar refractivity (Wildman–Crippen MR) is 205 cm³/mol. The quantitative estimate of drug-likeness (QED) is 0.166. The largest absolute Gasteiger partial charge is 0.460 e. The van der Waals surface area contributed by atoms with Gasteiger partial charge in [0.2, 0.25) is 0 Å². The Balaban J connectivity index is 0.000000260. The zero-order chi connectivity index (χ0) is 35.9. The molecule has 0 bridgehead atoms. The molecule has 4 aliphatic carbocycles. The van der Waals surface area contributed by atoms with Crippen LogP contribution in [0.2, 0.25) is 0 Å². The van der Waals surface area contributed by atoms with Crippen LogP contribution in [-0.2, 0) is 19.1 Å². The lowest BCUT2D eigenvalue weighted by Crippen LogP contribution is -2.36. The first-order valence-corrected chi connectivity index (χ1v) is 20.6. The molecule has 0 aromatic rings. The number of fused-ring (bicyclic) bond motifs is 2. The number of carbonyl (C=O) groups is 2. The van der Waals surface area contributed by atoms with Crippen molar-refractivity contribution in [3.8, 4) is 0 Å². The van der Waals surface area contributed by atoms with Gasteiger partial charge in [0.15, 0.2) is 0 Å². The third kappa shape index (κ3) is 10.9. The van der Waals surface area contributed by atoms with Crippen molar-refractivity contribution in [2.45, 2.75) is 190 Å². The molecule has 0 amide bonds. The highest BCUT2D eigenvalue weighted by Gasteiger charge is 2.51. The molecule has 4 nitrogen and oxygen atoms in total. The van der Waals surface area contributed by atoms with E-state index in [0.29, 0.717) is 35.5 Å². The summed E-state index contributed by atoms with van der Waals surface area (Å²) in [5.74, 6) is 4.50. The van der Waals surface area contributed by atoms with Gasteiger partial charge in [-0.1, -0.05) is 60.8 Å². The van der Waals surface area contributed by atoms with Crippen LogP contribution >= 0.6 is 15.9 Å². The van der Waals surface area contributed by atoms with E-state index in [1.54, 1.807) is 11.1 Å². The molecule has 0 saturated heterocycles. The first kappa shape index (κ1) is 41.3. The van der Waals surface area contributed by atoms with Gasteiger partial charge in [-0.3, -0.25) is 9.59 Å². The van der Waals surface area contributed by atoms with Crippen LogP contribution in [0.5, 0.6) is 0 Å². The molecular weight excluding hydrogens is 660 g/mol. The van der Waals surface area contributed by atoms with Gasteiger partial charge in [-0.25, -0.2) is 0 Å². The number of hydrogen-bond donors (Lipinski definition) is 0. The topological polar surface area (TPSA) is 52.6 Å². The van der Waals surface area contributed by atoms with Crippen LogP contribution in [0.3, 0.4) is 0 Å². The van der Waals surface area contributed by atoms with Crippen molar-refractivity contribution in [3.05, 3.63) is 22.2 Å². The Labute approximate surface area is 304 Å². The van der Waals surface area contributed by atoms with E-state index in [2.05, 4.69) is 61.6 Å². The molecule has 4 fully saturated rings. The molecule has 0 aromatic carbocycles. The van der Waals surface area contributed by atoms with Crippen molar-refractivity contribution in [2.24, 2.45) is 46.3 Å². The lowest BCUT2D eigenvalue weighted by molar-refractivity contribution is -0.156. The van der Waals surface area contributed by atoms with Crippen LogP contribution in [0.25, 0.3) is 0 Å². The van der Waals surface area contributed by atoms with Crippen LogP contribution in [0.1, 0.15) is 179 Å². The zero-order valence-corrected chi connectivity index (χ0v) is 34.5. The zero-order valence-electron chi connectivity index (χ0n) is 32.9. The summed E-state index contributed by atoms with van der Waals surface area (Å²) < 4.78 is 10.9. The van der Waals surface area contributed by atoms with Gasteiger partial charge in [0.1, 0.15) is 11.2 Å². The Morgan fingerprint density at radius 3 is 1.52 bits per heavy atom. The molecule has 0 unspecified atom stereocenters. The highest BCUT2D eigenvalue weighted by atomic mass is 79.9. The molecule has 4 rings (SSSR count). The van der Waals surface area contributed by atoms with Gasteiger partial charge in [-0.05, 0) is 190 Å². The Hall–Kier alpha value is -1.10. The van der Waals surface area contributed by atoms with E-state index in [9.17, 15) is 9.59 Å². The molecule has 8 atom stereocenters. The summed E-state index contributed by atoms with van der Waals surface area (Å²) in [5, 5.41) is 0. The fraction of sp³-hybridized carbons (Fsp3) is 0.860. The van der Waals surface area contributed by atoms with Crippen LogP contribution < -0.4 is 0 Å². The molecule has 4 aliphatic rings. The molecule has 48 heavy (non-hydrogen) atoms. The van der Waals surface area contributed by atoms with Crippen molar-refractivity contribution in [2.75, 3.05) is 0 Å². The first-order valence-electron chi connectivity index (χ1n) is 19.7. The second-order valence-corrected chi connectivity index (χ2v) is 19.1. The van der Waals surface area contributed by atoms with Crippen molar-refractivity contribution >= 4 is 27.9 Å². The molecular formula is C43H73BrO4. The summed E-state index contributed by atoms with van der Waals surface area (Å²) in [6.45, 7) is 23.7. The molecule has 4 saturated carbocycles. The highest BCUT2D eigenvalue weighted by molar-refractivity contribution is 9.11. The fourth-order valence-electron chi connectivity index (χ4n) is 10.8. The number of allylic oxidation sites excluding steroid dienone is 3. The van der Waals surface area contributed by atoms with Gasteiger partial charge in [0.05, 0.1) is 0 Å². The summed E-state index contributed by atoms with van der Waals surface area (Å²) in [4.78, 5) is 26.0. The van der Waals surface area contributed by atoms with E-state index in [1.165, 1.54) is 64.2 Å². The summed E-state index contributed by atoms with van der Waals surface area (Å²) in [7, 11) is 0. The standard InChI is InChI=1S/C22H38O2.C21H35BrO2/c1-7-17-11-9-15-22(6)18(13-14-19(17)22)16(2)10-8-12-20(23)24-21(3,4)5;1-15(8-6-10-19(23)24-20(2,3)4)17-11-12-18-16(14-22)9-7-13-21(17,18)5/h7,16,18-19H,8-15H2,1-6H3;14-15,17-18H,6-13H2,1-5H3/b17-7+;16-14+/t16-,18-,19+,22-;15-,17-,18+,21-/m11/s1. The number of esters is 2. The van der Waals surface area contributed by atoms with Crippen molar-refractivity contribution in [3.63, 3.8) is 0 Å². The maximum Gasteiger partial charge on any atom is 0.306 e. The van der Waals surface area contributed by atoms with Crippen molar-refractivity contribution in [1.82, 2.24) is 0 Å². The van der Waals surface area contributed by atoms with E-state index in [0.717, 1.165) is 49.4 Å². The van der Waals surface area contributed by atoms with E-state index < -0.39 is 0 Å². The van der Waals surface area contributed by atoms with Crippen LogP contribution in [0.15, 0.2) is 22.2 Å². The number of hydrogen-bond acceptors (Lipinski definition) is 4. The lowest BCUT2D eigenvalue weighted by Gasteiger charge is -2.44. The lowest BCUT2D eigenvalue weighted by atomic mass is 9.61. The van der Waals surface area contributed by atoms with E-state index in [-0.39, 0.29) is 23.1 Å². The van der Waals surface area contributed by atoms with E-state index in [1.807, 2.05) is 41.5 Å². The minimum atomic E-state index is -0.366. The van der Waals surface area contributed by atoms with E-state index in [4.69, 9.17) is 9.47 Å². The second kappa shape index (κ2) is 17.4. The molecule has 5 heteroatoms. The van der Waals surface area contributed by atoms with Crippen molar-refractivity contribution in [1.29, 1.82) is 0 Å². The summed E-state index contributed by atoms with van der Waals surface area (Å²) in [5.41, 5.74) is 3.57. The average molecular weight is 734 g/mol. The third-order valence-corrected chi connectivity index (χ3v) is 13.5. The molecule has 276 valence electrons. The molecule has 0 heterocycles. The van der Waals surface area contributed by atoms with Crippen LogP contribution in [-0.4, -0.2) is 23.1 Å². The fourth-order valence-corrected chi connectivity index (χ4v) is 11.4. The summed E-state index contributed by atoms with van der Waals surface area (Å²) >= 11 is 3.60. The Bertz CT molecular complexity index is 1040. The van der Waals surface area contributed by atoms with Gasteiger partial charge < -0.3 is 9.47 Å². The molecule has 0 aromatic heterocycles. The van der Waals surface area contributed by atoms with Gasteiger partial charge in [-0.2, -0.15) is 0 Å². The summed E-state index contributed by atoms with van der Waals surface area (Å²) in [6, 6.07) is 0. The minimum Gasteiger partial charge on any atom is -0.460 e. The first-order chi connectivity index (χ1) is 22.3. The highest BCUT2D eigenvalue weighted by Crippen LogP contribution is 2.61. The summed E-state index contributed by atoms with van der Waals surface area (Å²) in [6.07, 6.45) is 21.2. The Morgan fingerprint density at radius 2 is 1.15 bits per heavy atom. The van der Waals surface area contributed by atoms with Gasteiger partial charge >= 0.3 is 11.9 Å². The molecule has 0 aliphatic heterocycles. The molecule has 0 N–H and O–H groups in total. The smallest absolute Gasteiger partial charge is 0.306 e.